The number of benzene rings is 2. The van der Waals surface area contributed by atoms with E-state index in [0.29, 0.717) is 22.5 Å². The molecule has 7 heteroatoms. The van der Waals surface area contributed by atoms with Crippen molar-refractivity contribution in [2.45, 2.75) is 62.6 Å². The predicted molar refractivity (Wildman–Crippen MR) is 149 cm³/mol. The van der Waals surface area contributed by atoms with Gasteiger partial charge in [0.1, 0.15) is 4.87 Å². The number of nitrogens with zero attached hydrogens (tertiary/aromatic N) is 1. The van der Waals surface area contributed by atoms with Gasteiger partial charge in [-0.2, -0.15) is 0 Å². The maximum absolute atomic E-state index is 13.3. The lowest BCUT2D eigenvalue weighted by atomic mass is 9.86. The summed E-state index contributed by atoms with van der Waals surface area (Å²) < 4.78 is 29.6. The molecule has 192 valence electrons. The summed E-state index contributed by atoms with van der Waals surface area (Å²) in [5.74, 6) is 1.48. The van der Waals surface area contributed by atoms with E-state index in [1.165, 1.54) is 11.1 Å². The molecule has 0 aromatic heterocycles. The maximum Gasteiger partial charge on any atom is 0.114 e. The van der Waals surface area contributed by atoms with Gasteiger partial charge in [0.05, 0.1) is 14.6 Å². The van der Waals surface area contributed by atoms with Crippen molar-refractivity contribution in [3.05, 3.63) is 59.2 Å². The van der Waals surface area contributed by atoms with Crippen LogP contribution in [0, 0.1) is 16.6 Å². The molecule has 2 aliphatic heterocycles. The first-order valence-electron chi connectivity index (χ1n) is 13.0. The monoisotopic (exact) mass is 515 g/mol. The molecule has 2 fully saturated rings. The van der Waals surface area contributed by atoms with Crippen LogP contribution < -0.4 is 9.62 Å². The molecule has 0 radical (unpaired) electrons. The van der Waals surface area contributed by atoms with Crippen LogP contribution in [0.15, 0.2) is 47.4 Å². The molecule has 0 amide bonds. The van der Waals surface area contributed by atoms with Gasteiger partial charge in [0, 0.05) is 44.2 Å². The summed E-state index contributed by atoms with van der Waals surface area (Å²) in [4.78, 5) is 0.531. The van der Waals surface area contributed by atoms with Gasteiger partial charge in [-0.1, -0.05) is 51.1 Å². The standard InChI is InChI=1S/C28H41N3O2S2/c1-5-22-8-12-25(13-9-22)28(21(3)20-30-28)34-31(4)26-14-11-24(27(19-26)35(29,32)6-2)10-7-23-15-17-33-18-16-23/h8-9,11-14,19,21,23,29-30H,5-7,10,15-18,20H2,1-4H3. The summed E-state index contributed by atoms with van der Waals surface area (Å²) in [6.07, 6.45) is 5.18. The second-order valence-corrected chi connectivity index (χ2v) is 13.7. The van der Waals surface area contributed by atoms with Gasteiger partial charge in [0.25, 0.3) is 0 Å². The van der Waals surface area contributed by atoms with Gasteiger partial charge in [-0.15, -0.1) is 0 Å². The van der Waals surface area contributed by atoms with Gasteiger partial charge < -0.3 is 9.04 Å². The average Bonchev–Trinajstić information content (AvgIpc) is 2.90. The second-order valence-electron chi connectivity index (χ2n) is 10.0. The van der Waals surface area contributed by atoms with Crippen LogP contribution in [0.1, 0.15) is 56.7 Å². The van der Waals surface area contributed by atoms with Crippen molar-refractivity contribution in [3.63, 3.8) is 0 Å². The summed E-state index contributed by atoms with van der Waals surface area (Å²) in [6, 6.07) is 15.2. The first-order valence-corrected chi connectivity index (χ1v) is 15.5. The first-order chi connectivity index (χ1) is 16.8. The number of rotatable bonds is 10. The van der Waals surface area contributed by atoms with E-state index in [0.717, 1.165) is 63.1 Å². The lowest BCUT2D eigenvalue weighted by Crippen LogP contribution is -2.60. The SMILES string of the molecule is CCc1ccc(C2(SN(C)c3ccc(CCC4CCOCC4)c(S(=N)(=O)CC)c3)NCC2C)cc1. The molecule has 4 rings (SSSR count). The molecule has 0 saturated carbocycles. The molecular weight excluding hydrogens is 474 g/mol. The van der Waals surface area contributed by atoms with Gasteiger partial charge in [-0.05, 0) is 78.8 Å². The molecule has 0 bridgehead atoms. The minimum atomic E-state index is -2.82. The molecular formula is C28H41N3O2S2. The van der Waals surface area contributed by atoms with Crippen LogP contribution in [-0.4, -0.2) is 36.8 Å². The van der Waals surface area contributed by atoms with Crippen LogP contribution >= 0.6 is 11.9 Å². The summed E-state index contributed by atoms with van der Waals surface area (Å²) in [5.41, 5.74) is 4.70. The molecule has 3 atom stereocenters. The molecule has 35 heavy (non-hydrogen) atoms. The van der Waals surface area contributed by atoms with E-state index in [1.54, 1.807) is 11.9 Å². The Bertz CT molecular complexity index is 1100. The van der Waals surface area contributed by atoms with E-state index in [2.05, 4.69) is 66.9 Å². The fraction of sp³-hybridized carbons (Fsp3) is 0.571. The highest BCUT2D eigenvalue weighted by atomic mass is 32.2. The van der Waals surface area contributed by atoms with Crippen molar-refractivity contribution in [2.24, 2.45) is 11.8 Å². The Kier molecular flexibility index (Phi) is 8.52. The Morgan fingerprint density at radius 2 is 1.89 bits per heavy atom. The Balaban J connectivity index is 1.57. The lowest BCUT2D eigenvalue weighted by Gasteiger charge is -2.50. The molecule has 2 aromatic carbocycles. The third-order valence-electron chi connectivity index (χ3n) is 7.78. The molecule has 2 N–H and O–H groups in total. The van der Waals surface area contributed by atoms with Gasteiger partial charge in [-0.3, -0.25) is 5.32 Å². The lowest BCUT2D eigenvalue weighted by molar-refractivity contribution is 0.0640. The van der Waals surface area contributed by atoms with E-state index in [4.69, 9.17) is 9.52 Å². The van der Waals surface area contributed by atoms with Crippen molar-refractivity contribution in [1.29, 1.82) is 4.78 Å². The van der Waals surface area contributed by atoms with Gasteiger partial charge >= 0.3 is 0 Å². The van der Waals surface area contributed by atoms with Gasteiger partial charge in [0.15, 0.2) is 0 Å². The number of nitrogens with one attached hydrogen (secondary N) is 2. The molecule has 2 heterocycles. The number of aryl methyl sites for hydroxylation is 2. The van der Waals surface area contributed by atoms with Gasteiger partial charge in [-0.25, -0.2) is 8.99 Å². The highest BCUT2D eigenvalue weighted by Crippen LogP contribution is 2.48. The largest absolute Gasteiger partial charge is 0.381 e. The van der Waals surface area contributed by atoms with Crippen molar-refractivity contribution in [3.8, 4) is 0 Å². The van der Waals surface area contributed by atoms with E-state index < -0.39 is 9.73 Å². The van der Waals surface area contributed by atoms with Crippen LogP contribution in [-0.2, 0) is 32.2 Å². The topological polar surface area (TPSA) is 65.4 Å². The molecule has 3 unspecified atom stereocenters. The summed E-state index contributed by atoms with van der Waals surface area (Å²) >= 11 is 1.78. The summed E-state index contributed by atoms with van der Waals surface area (Å²) in [7, 11) is -0.739. The smallest absolute Gasteiger partial charge is 0.114 e. The fourth-order valence-electron chi connectivity index (χ4n) is 5.11. The third kappa shape index (κ3) is 5.74. The Morgan fingerprint density at radius 3 is 2.46 bits per heavy atom. The van der Waals surface area contributed by atoms with Crippen molar-refractivity contribution < 1.29 is 8.95 Å². The molecule has 0 spiro atoms. The number of hydrogen-bond donors (Lipinski definition) is 2. The zero-order valence-corrected chi connectivity index (χ0v) is 23.3. The highest BCUT2D eigenvalue weighted by molar-refractivity contribution is 8.01. The Hall–Kier alpha value is -1.54. The molecule has 2 aliphatic rings. The van der Waals surface area contributed by atoms with E-state index in [-0.39, 0.29) is 4.87 Å². The van der Waals surface area contributed by atoms with Crippen LogP contribution in [0.2, 0.25) is 0 Å². The van der Waals surface area contributed by atoms with E-state index in [1.807, 2.05) is 13.0 Å². The predicted octanol–water partition coefficient (Wildman–Crippen LogP) is 6.21. The third-order valence-corrected chi connectivity index (χ3v) is 11.2. The summed E-state index contributed by atoms with van der Waals surface area (Å²) in [6.45, 7) is 9.02. The van der Waals surface area contributed by atoms with Crippen molar-refractivity contribution in [1.82, 2.24) is 5.32 Å². The van der Waals surface area contributed by atoms with Gasteiger partial charge in [0.2, 0.25) is 0 Å². The highest BCUT2D eigenvalue weighted by Gasteiger charge is 2.47. The van der Waals surface area contributed by atoms with Crippen LogP contribution in [0.4, 0.5) is 5.69 Å². The number of hydrogen-bond acceptors (Lipinski definition) is 6. The van der Waals surface area contributed by atoms with Crippen LogP contribution in [0.5, 0.6) is 0 Å². The van der Waals surface area contributed by atoms with Crippen LogP contribution in [0.25, 0.3) is 0 Å². The maximum atomic E-state index is 13.3. The second kappa shape index (κ2) is 11.2. The zero-order chi connectivity index (χ0) is 25.1. The van der Waals surface area contributed by atoms with Crippen molar-refractivity contribution >= 4 is 27.4 Å². The molecule has 2 aromatic rings. The Morgan fingerprint density at radius 1 is 1.17 bits per heavy atom. The number of anilines is 1. The fourth-order valence-corrected chi connectivity index (χ4v) is 7.63. The minimum Gasteiger partial charge on any atom is -0.381 e. The normalized spacial score (nSPS) is 24.5. The van der Waals surface area contributed by atoms with E-state index in [9.17, 15) is 4.21 Å². The number of ether oxygens (including phenoxy) is 1. The quantitative estimate of drug-likeness (QED) is 0.368. The Labute approximate surface area is 216 Å². The molecule has 2 saturated heterocycles. The summed E-state index contributed by atoms with van der Waals surface area (Å²) in [5, 5.41) is 3.70. The minimum absolute atomic E-state index is 0.184. The van der Waals surface area contributed by atoms with Crippen LogP contribution in [0.3, 0.4) is 0 Å². The first kappa shape index (κ1) is 26.5. The van der Waals surface area contributed by atoms with E-state index >= 15 is 0 Å². The average molecular weight is 516 g/mol. The zero-order valence-electron chi connectivity index (χ0n) is 21.6. The molecule has 0 aliphatic carbocycles. The van der Waals surface area contributed by atoms with Crippen molar-refractivity contribution in [2.75, 3.05) is 36.9 Å². The molecule has 5 nitrogen and oxygen atoms in total.